The fourth-order valence-corrected chi connectivity index (χ4v) is 5.47. The highest BCUT2D eigenvalue weighted by Crippen LogP contribution is 2.49. The van der Waals surface area contributed by atoms with E-state index in [1.54, 1.807) is 0 Å². The first-order valence-electron chi connectivity index (χ1n) is 10.9. The van der Waals surface area contributed by atoms with E-state index >= 15 is 0 Å². The SMILES string of the molecule is C.Cc1cn([C@H]2CC(O)[C@@H](COP(O)(=S)OC3C[C@H](n4ccc(N)nc4=O)O[C@@H]3CO)O2)c(=O)[nH]c1=O.[NH4+]. The molecule has 0 amide bonds. The molecule has 0 bridgehead atoms. The molecule has 0 radical (unpaired) electrons. The summed E-state index contributed by atoms with van der Waals surface area (Å²) in [5.41, 5.74) is 3.92. The van der Waals surface area contributed by atoms with Gasteiger partial charge in [-0.15, -0.1) is 0 Å². The van der Waals surface area contributed by atoms with Crippen molar-refractivity contribution >= 4 is 24.3 Å². The van der Waals surface area contributed by atoms with E-state index in [-0.39, 0.29) is 38.8 Å². The minimum Gasteiger partial charge on any atom is -0.394 e. The maximum Gasteiger partial charge on any atom is 0.351 e. The van der Waals surface area contributed by atoms with Crippen molar-refractivity contribution in [3.63, 3.8) is 0 Å². The van der Waals surface area contributed by atoms with Crippen LogP contribution in [0.15, 0.2) is 32.8 Å². The molecule has 18 heteroatoms. The molecular formula is C20H34N6O10PS+. The molecule has 4 heterocycles. The van der Waals surface area contributed by atoms with Crippen LogP contribution in [0.4, 0.5) is 5.82 Å². The van der Waals surface area contributed by atoms with Gasteiger partial charge in [-0.05, 0) is 24.8 Å². The summed E-state index contributed by atoms with van der Waals surface area (Å²) >= 11 is 5.08. The maximum absolute atomic E-state index is 12.1. The van der Waals surface area contributed by atoms with Gasteiger partial charge in [-0.1, -0.05) is 7.43 Å². The van der Waals surface area contributed by atoms with Crippen LogP contribution in [0.2, 0.25) is 0 Å². The summed E-state index contributed by atoms with van der Waals surface area (Å²) in [6, 6.07) is 1.41. The lowest BCUT2D eigenvalue weighted by atomic mass is 10.2. The van der Waals surface area contributed by atoms with E-state index in [4.69, 9.17) is 36.1 Å². The second kappa shape index (κ2) is 12.7. The van der Waals surface area contributed by atoms with Crippen LogP contribution >= 0.6 is 6.72 Å². The number of hydrogen-bond acceptors (Lipinski definition) is 12. The summed E-state index contributed by atoms with van der Waals surface area (Å²) in [5.74, 6) is 0.0409. The van der Waals surface area contributed by atoms with Gasteiger partial charge in [-0.3, -0.25) is 18.9 Å². The first kappa shape index (κ1) is 31.9. The number of nitrogen functional groups attached to an aromatic ring is 1. The van der Waals surface area contributed by atoms with Crippen LogP contribution in [0, 0.1) is 6.92 Å². The van der Waals surface area contributed by atoms with Crippen LogP contribution in [0.3, 0.4) is 0 Å². The minimum absolute atomic E-state index is 0. The number of nitrogens with two attached hydrogens (primary N) is 1. The number of anilines is 1. The lowest BCUT2D eigenvalue weighted by Crippen LogP contribution is -2.33. The Kier molecular flexibility index (Phi) is 10.7. The summed E-state index contributed by atoms with van der Waals surface area (Å²) < 4.78 is 24.6. The molecule has 2 fully saturated rings. The van der Waals surface area contributed by atoms with Crippen LogP contribution in [-0.2, 0) is 30.3 Å². The number of quaternary nitrogens is 1. The third-order valence-corrected chi connectivity index (χ3v) is 7.44. The number of ether oxygens (including phenoxy) is 2. The van der Waals surface area contributed by atoms with Gasteiger partial charge in [0.2, 0.25) is 0 Å². The molecule has 16 nitrogen and oxygen atoms in total. The zero-order valence-electron chi connectivity index (χ0n) is 20.0. The molecule has 3 unspecified atom stereocenters. The van der Waals surface area contributed by atoms with Gasteiger partial charge in [-0.25, -0.2) is 9.59 Å². The second-order valence-electron chi connectivity index (χ2n) is 8.41. The van der Waals surface area contributed by atoms with Gasteiger partial charge in [0.1, 0.15) is 30.5 Å². The molecule has 38 heavy (non-hydrogen) atoms. The highest BCUT2D eigenvalue weighted by atomic mass is 32.5. The van der Waals surface area contributed by atoms with Gasteiger partial charge >= 0.3 is 18.1 Å². The normalized spacial score (nSPS) is 28.3. The van der Waals surface area contributed by atoms with Gasteiger partial charge in [0.25, 0.3) is 5.56 Å². The van der Waals surface area contributed by atoms with E-state index in [1.807, 2.05) is 0 Å². The highest BCUT2D eigenvalue weighted by molar-refractivity contribution is 8.07. The van der Waals surface area contributed by atoms with Crippen molar-refractivity contribution in [3.8, 4) is 0 Å². The number of aromatic amines is 1. The number of aryl methyl sites for hydroxylation is 1. The molecule has 214 valence electrons. The Morgan fingerprint density at radius 1 is 1.24 bits per heavy atom. The van der Waals surface area contributed by atoms with Crippen LogP contribution in [0.25, 0.3) is 0 Å². The van der Waals surface area contributed by atoms with E-state index < -0.39 is 67.1 Å². The van der Waals surface area contributed by atoms with E-state index in [9.17, 15) is 29.5 Å². The van der Waals surface area contributed by atoms with Crippen molar-refractivity contribution in [3.05, 3.63) is 55.3 Å². The topological polar surface area (TPSA) is 250 Å². The Morgan fingerprint density at radius 3 is 2.55 bits per heavy atom. The van der Waals surface area contributed by atoms with Crippen molar-refractivity contribution in [1.82, 2.24) is 25.3 Å². The molecule has 0 aliphatic carbocycles. The average molecular weight is 582 g/mol. The molecule has 10 N–H and O–H groups in total. The van der Waals surface area contributed by atoms with E-state index in [2.05, 4.69) is 9.97 Å². The van der Waals surface area contributed by atoms with Crippen LogP contribution in [0.1, 0.15) is 38.3 Å². The lowest BCUT2D eigenvalue weighted by molar-refractivity contribution is -0.0531. The number of hydrogen-bond donors (Lipinski definition) is 6. The van der Waals surface area contributed by atoms with Gasteiger partial charge in [0.15, 0.2) is 0 Å². The minimum atomic E-state index is -3.91. The molecule has 0 aromatic carbocycles. The average Bonchev–Trinajstić information content (AvgIpc) is 3.37. The predicted molar refractivity (Wildman–Crippen MR) is 139 cm³/mol. The fraction of sp³-hybridized carbons (Fsp3) is 0.600. The Bertz CT molecular complexity index is 1330. The molecule has 2 saturated heterocycles. The number of nitrogens with zero attached hydrogens (tertiary/aromatic N) is 3. The summed E-state index contributed by atoms with van der Waals surface area (Å²) in [4.78, 5) is 52.2. The molecule has 2 aromatic rings. The Labute approximate surface area is 221 Å². The quantitative estimate of drug-likeness (QED) is 0.210. The fourth-order valence-electron chi connectivity index (χ4n) is 4.00. The lowest BCUT2D eigenvalue weighted by Gasteiger charge is -2.24. The number of nitrogens with one attached hydrogen (secondary N) is 1. The van der Waals surface area contributed by atoms with E-state index in [0.717, 1.165) is 4.57 Å². The van der Waals surface area contributed by atoms with Crippen LogP contribution < -0.4 is 28.8 Å². The third-order valence-electron chi connectivity index (χ3n) is 5.85. The first-order valence-corrected chi connectivity index (χ1v) is 13.5. The van der Waals surface area contributed by atoms with E-state index in [1.165, 1.54) is 30.0 Å². The monoisotopic (exact) mass is 581 g/mol. The number of H-pyrrole nitrogens is 1. The zero-order chi connectivity index (χ0) is 26.2. The summed E-state index contributed by atoms with van der Waals surface area (Å²) in [5, 5.41) is 20.0. The summed E-state index contributed by atoms with van der Waals surface area (Å²) in [6.45, 7) is -3.22. The molecule has 4 rings (SSSR count). The van der Waals surface area contributed by atoms with Crippen molar-refractivity contribution in [1.29, 1.82) is 0 Å². The second-order valence-corrected chi connectivity index (χ2v) is 11.2. The number of aliphatic hydroxyl groups is 2. The number of aliphatic hydroxyl groups excluding tert-OH is 2. The highest BCUT2D eigenvalue weighted by Gasteiger charge is 2.41. The smallest absolute Gasteiger partial charge is 0.351 e. The van der Waals surface area contributed by atoms with Crippen LogP contribution in [0.5, 0.6) is 0 Å². The molecular weight excluding hydrogens is 547 g/mol. The zero-order valence-corrected chi connectivity index (χ0v) is 21.7. The molecule has 7 atom stereocenters. The molecule has 0 spiro atoms. The molecule has 0 saturated carbocycles. The molecule has 2 aliphatic heterocycles. The summed E-state index contributed by atoms with van der Waals surface area (Å²) in [6.07, 6.45) is -2.74. The van der Waals surface area contributed by atoms with Crippen molar-refractivity contribution < 1.29 is 33.6 Å². The van der Waals surface area contributed by atoms with Gasteiger partial charge in [0, 0.05) is 30.8 Å². The van der Waals surface area contributed by atoms with Gasteiger partial charge < -0.3 is 45.5 Å². The maximum atomic E-state index is 12.1. The Balaban J connectivity index is 0.00000253. The largest absolute Gasteiger partial charge is 0.394 e. The van der Waals surface area contributed by atoms with Gasteiger partial charge in [0.05, 0.1) is 25.4 Å². The predicted octanol–water partition coefficient (Wildman–Crippen LogP) is -0.757. The van der Waals surface area contributed by atoms with E-state index in [0.29, 0.717) is 5.56 Å². The van der Waals surface area contributed by atoms with Gasteiger partial charge in [-0.2, -0.15) is 4.98 Å². The Hall–Kier alpha value is -2.31. The first-order chi connectivity index (χ1) is 17.0. The molecule has 2 aromatic heterocycles. The van der Waals surface area contributed by atoms with Crippen LogP contribution in [-0.4, -0.2) is 71.8 Å². The Morgan fingerprint density at radius 2 is 1.89 bits per heavy atom. The number of aromatic nitrogens is 4. The van der Waals surface area contributed by atoms with Crippen molar-refractivity contribution in [2.45, 2.75) is 64.1 Å². The standard InChI is InChI=1S/C19H26N5O10PS.CH4.H3N/c1-9-6-24(19(29)22-17(9)27)15-4-10(26)13(33-15)8-31-35(30,36)34-11-5-16(32-12(11)7-25)23-3-2-14(20)21-18(23)28;;/h2-3,6,10-13,15-16,25-26H,4-5,7-8H2,1H3,(H,30,36)(H2,20,21,28)(H,22,27,29);1H4;1H3/p+1/t10?,11?,12-,13-,15-,16-,35?;;/m1../s1. The van der Waals surface area contributed by atoms with Crippen molar-refractivity contribution in [2.24, 2.45) is 0 Å². The van der Waals surface area contributed by atoms with Crippen molar-refractivity contribution in [2.75, 3.05) is 18.9 Å². The molecule has 2 aliphatic rings. The number of rotatable bonds is 8. The third kappa shape index (κ3) is 7.01. The summed E-state index contributed by atoms with van der Waals surface area (Å²) in [7, 11) is 0.